The predicted octanol–water partition coefficient (Wildman–Crippen LogP) is 4.05. The number of phenols is 1. The van der Waals surface area contributed by atoms with Crippen molar-refractivity contribution in [3.05, 3.63) is 81.9 Å². The number of carbonyl (C=O) groups excluding carboxylic acids is 1. The molecule has 0 radical (unpaired) electrons. The minimum Gasteiger partial charge on any atom is -0.508 e. The molecule has 0 saturated carbocycles. The number of esters is 1. The number of carbonyl (C=O) groups is 1. The van der Waals surface area contributed by atoms with Gasteiger partial charge in [0, 0.05) is 18.0 Å². The van der Waals surface area contributed by atoms with Gasteiger partial charge in [-0.15, -0.1) is 5.10 Å². The molecular formula is C32H38N4O8S. The van der Waals surface area contributed by atoms with Crippen molar-refractivity contribution in [1.82, 2.24) is 19.3 Å². The summed E-state index contributed by atoms with van der Waals surface area (Å²) >= 11 is 0. The van der Waals surface area contributed by atoms with Gasteiger partial charge in [-0.2, -0.15) is 12.7 Å². The highest BCUT2D eigenvalue weighted by Crippen LogP contribution is 2.39. The van der Waals surface area contributed by atoms with Crippen LogP contribution in [-0.2, 0) is 37.7 Å². The summed E-state index contributed by atoms with van der Waals surface area (Å²) < 4.78 is 45.6. The van der Waals surface area contributed by atoms with E-state index in [1.165, 1.54) is 22.5 Å². The van der Waals surface area contributed by atoms with Crippen molar-refractivity contribution in [2.24, 2.45) is 0 Å². The topological polar surface area (TPSA) is 153 Å². The number of aryl methyl sites for hydroxylation is 2. The summed E-state index contributed by atoms with van der Waals surface area (Å²) in [6.45, 7) is 8.72. The molecule has 1 aliphatic heterocycles. The van der Waals surface area contributed by atoms with Gasteiger partial charge in [0.05, 0.1) is 51.0 Å². The zero-order chi connectivity index (χ0) is 32.3. The van der Waals surface area contributed by atoms with E-state index in [2.05, 4.69) is 10.3 Å². The van der Waals surface area contributed by atoms with Gasteiger partial charge in [-0.05, 0) is 79.8 Å². The molecule has 0 amide bonds. The predicted molar refractivity (Wildman–Crippen MR) is 166 cm³/mol. The van der Waals surface area contributed by atoms with Crippen LogP contribution in [0.25, 0.3) is 11.0 Å². The summed E-state index contributed by atoms with van der Waals surface area (Å²) in [7, 11) is -4.13. The van der Waals surface area contributed by atoms with Gasteiger partial charge < -0.3 is 23.9 Å². The maximum Gasteiger partial charge on any atom is 0.386 e. The highest BCUT2D eigenvalue weighted by atomic mass is 32.2. The quantitative estimate of drug-likeness (QED) is 0.172. The first kappa shape index (κ1) is 32.4. The van der Waals surface area contributed by atoms with Gasteiger partial charge >= 0.3 is 16.3 Å². The Morgan fingerprint density at radius 3 is 2.64 bits per heavy atom. The first-order valence-corrected chi connectivity index (χ1v) is 16.2. The number of aliphatic hydroxyl groups is 1. The second-order valence-corrected chi connectivity index (χ2v) is 12.5. The fraction of sp³-hybridized carbons (Fsp3) is 0.406. The van der Waals surface area contributed by atoms with Gasteiger partial charge in [0.15, 0.2) is 0 Å². The lowest BCUT2D eigenvalue weighted by Crippen LogP contribution is -2.39. The van der Waals surface area contributed by atoms with Crippen LogP contribution in [0.2, 0.25) is 0 Å². The molecule has 13 heteroatoms. The van der Waals surface area contributed by atoms with Crippen LogP contribution in [0, 0.1) is 13.8 Å². The van der Waals surface area contributed by atoms with E-state index in [9.17, 15) is 18.3 Å². The Morgan fingerprint density at radius 1 is 1.09 bits per heavy atom. The fourth-order valence-electron chi connectivity index (χ4n) is 5.83. The molecule has 2 atom stereocenters. The van der Waals surface area contributed by atoms with Gasteiger partial charge in [-0.25, -0.2) is 4.68 Å². The minimum absolute atomic E-state index is 0.0200. The Balaban J connectivity index is 1.52. The molecule has 2 heterocycles. The number of aliphatic hydroxyl groups excluding tert-OH is 1. The molecule has 240 valence electrons. The van der Waals surface area contributed by atoms with E-state index in [0.717, 1.165) is 33.3 Å². The van der Waals surface area contributed by atoms with Gasteiger partial charge in [-0.3, -0.25) is 4.79 Å². The molecule has 0 bridgehead atoms. The summed E-state index contributed by atoms with van der Waals surface area (Å²) in [5.41, 5.74) is 6.25. The lowest BCUT2D eigenvalue weighted by atomic mass is 9.83. The van der Waals surface area contributed by atoms with Gasteiger partial charge in [0.1, 0.15) is 17.0 Å². The number of aromatic hydroxyl groups is 1. The van der Waals surface area contributed by atoms with Crippen LogP contribution in [0.4, 0.5) is 0 Å². The largest absolute Gasteiger partial charge is 0.508 e. The van der Waals surface area contributed by atoms with Crippen molar-refractivity contribution in [3.63, 3.8) is 0 Å². The van der Waals surface area contributed by atoms with Gasteiger partial charge in [0.2, 0.25) is 0 Å². The number of rotatable bonds is 12. The van der Waals surface area contributed by atoms with Crippen molar-refractivity contribution >= 4 is 27.3 Å². The molecule has 12 nitrogen and oxygen atoms in total. The van der Waals surface area contributed by atoms with Crippen LogP contribution in [0.15, 0.2) is 48.5 Å². The molecule has 5 rings (SSSR count). The van der Waals surface area contributed by atoms with E-state index >= 15 is 0 Å². The normalized spacial score (nSPS) is 15.8. The number of aromatic nitrogens is 3. The Labute approximate surface area is 262 Å². The van der Waals surface area contributed by atoms with E-state index in [1.54, 1.807) is 18.5 Å². The second-order valence-electron chi connectivity index (χ2n) is 11.0. The van der Waals surface area contributed by atoms with Crippen LogP contribution < -0.4 is 4.18 Å². The Bertz CT molecular complexity index is 1810. The van der Waals surface area contributed by atoms with Crippen LogP contribution >= 0.6 is 0 Å². The van der Waals surface area contributed by atoms with Crippen molar-refractivity contribution in [2.45, 2.75) is 59.2 Å². The third-order valence-electron chi connectivity index (χ3n) is 8.16. The average molecular weight is 639 g/mol. The molecule has 1 aliphatic rings. The number of fused-ring (bicyclic) bond motifs is 2. The molecule has 1 unspecified atom stereocenters. The third-order valence-corrected chi connectivity index (χ3v) is 9.57. The Morgan fingerprint density at radius 2 is 1.89 bits per heavy atom. The first-order valence-electron chi connectivity index (χ1n) is 14.8. The first-order chi connectivity index (χ1) is 21.5. The van der Waals surface area contributed by atoms with Crippen LogP contribution in [-0.4, -0.2) is 70.3 Å². The number of nitrogens with zero attached hydrogens (tertiary/aromatic N) is 4. The van der Waals surface area contributed by atoms with Crippen molar-refractivity contribution in [2.75, 3.05) is 26.4 Å². The molecule has 3 aromatic carbocycles. The van der Waals surface area contributed by atoms with Crippen LogP contribution in [0.1, 0.15) is 65.6 Å². The molecule has 2 N–H and O–H groups in total. The molecule has 0 aliphatic carbocycles. The maximum atomic E-state index is 13.2. The smallest absolute Gasteiger partial charge is 0.386 e. The highest BCUT2D eigenvalue weighted by molar-refractivity contribution is 7.84. The average Bonchev–Trinajstić information content (AvgIpc) is 3.42. The summed E-state index contributed by atoms with van der Waals surface area (Å²) in [6.07, 6.45) is 0.0674. The zero-order valence-corrected chi connectivity index (χ0v) is 26.6. The molecule has 4 aromatic rings. The summed E-state index contributed by atoms with van der Waals surface area (Å²) in [5, 5.41) is 27.7. The number of hydrogen-bond acceptors (Lipinski definition) is 10. The fourth-order valence-corrected chi connectivity index (χ4v) is 7.11. The molecule has 0 spiro atoms. The third kappa shape index (κ3) is 6.81. The molecular weight excluding hydrogens is 600 g/mol. The van der Waals surface area contributed by atoms with Crippen LogP contribution in [0.3, 0.4) is 0 Å². The maximum absolute atomic E-state index is 13.2. The lowest BCUT2D eigenvalue weighted by molar-refractivity contribution is -0.143. The molecule has 1 aromatic heterocycles. The summed E-state index contributed by atoms with van der Waals surface area (Å²) in [5.74, 6) is -0.557. The van der Waals surface area contributed by atoms with E-state index < -0.39 is 22.3 Å². The van der Waals surface area contributed by atoms with Crippen molar-refractivity contribution < 1.29 is 37.1 Å². The van der Waals surface area contributed by atoms with E-state index in [4.69, 9.17) is 18.8 Å². The van der Waals surface area contributed by atoms with E-state index in [-0.39, 0.29) is 50.3 Å². The number of phenolic OH excluding ortho intramolecular Hbond substituents is 1. The monoisotopic (exact) mass is 638 g/mol. The zero-order valence-electron chi connectivity index (χ0n) is 25.8. The SMILES string of the molecule is CCOC(=O)CC(c1ccc(C)c([C@@H](C)N2Cc3cc(O)ccc3OS2(=O)=O)c1)c1ccc2c(nnn2CCOCCO)c1C. The standard InChI is InChI=1S/C32H38N4O8S/c1-5-43-31(39)18-28(26-9-10-29-32(21(26)3)33-34-35(29)12-14-42-15-13-37)23-7-6-20(2)27(17-23)22(4)36-19-24-16-25(38)8-11-30(24)44-45(36,40)41/h6-11,16-17,22,28,37-38H,5,12-15,18-19H2,1-4H3/t22-,28?/m1/s1. The molecule has 0 saturated heterocycles. The number of ether oxygens (including phenoxy) is 2. The summed E-state index contributed by atoms with van der Waals surface area (Å²) in [4.78, 5) is 12.9. The Kier molecular flexibility index (Phi) is 9.73. The van der Waals surface area contributed by atoms with Gasteiger partial charge in [-0.1, -0.05) is 29.5 Å². The number of hydrogen-bond donors (Lipinski definition) is 2. The highest BCUT2D eigenvalue weighted by Gasteiger charge is 2.37. The second kappa shape index (κ2) is 13.5. The lowest BCUT2D eigenvalue weighted by Gasteiger charge is -2.33. The molecule has 0 fully saturated rings. The van der Waals surface area contributed by atoms with Gasteiger partial charge in [0.25, 0.3) is 0 Å². The minimum atomic E-state index is -4.13. The van der Waals surface area contributed by atoms with E-state index in [0.29, 0.717) is 24.2 Å². The van der Waals surface area contributed by atoms with Crippen LogP contribution in [0.5, 0.6) is 11.5 Å². The summed E-state index contributed by atoms with van der Waals surface area (Å²) in [6, 6.07) is 13.4. The Hall–Kier alpha value is -4.04. The van der Waals surface area contributed by atoms with Crippen molar-refractivity contribution in [3.8, 4) is 11.5 Å². The van der Waals surface area contributed by atoms with Crippen molar-refractivity contribution in [1.29, 1.82) is 0 Å². The number of benzene rings is 3. The van der Waals surface area contributed by atoms with E-state index in [1.807, 2.05) is 44.2 Å². The molecule has 45 heavy (non-hydrogen) atoms.